The van der Waals surface area contributed by atoms with Gasteiger partial charge in [0.2, 0.25) is 0 Å². The average Bonchev–Trinajstić information content (AvgIpc) is 2.68. The lowest BCUT2D eigenvalue weighted by molar-refractivity contribution is -0.113. The third kappa shape index (κ3) is 3.90. The highest BCUT2D eigenvalue weighted by Gasteiger charge is 2.36. The summed E-state index contributed by atoms with van der Waals surface area (Å²) in [5.41, 5.74) is 1.68. The van der Waals surface area contributed by atoms with Crippen LogP contribution in [0.1, 0.15) is 43.2 Å². The average molecular weight is 403 g/mol. The van der Waals surface area contributed by atoms with Gasteiger partial charge >= 0.3 is 0 Å². The summed E-state index contributed by atoms with van der Waals surface area (Å²) < 4.78 is 12.4. The lowest BCUT2D eigenvalue weighted by atomic mass is 9.70. The molecule has 0 radical (unpaired) electrons. The van der Waals surface area contributed by atoms with Crippen LogP contribution in [0.2, 0.25) is 0 Å². The van der Waals surface area contributed by atoms with E-state index in [9.17, 15) is 4.79 Å². The van der Waals surface area contributed by atoms with Crippen LogP contribution in [0.25, 0.3) is 0 Å². The van der Waals surface area contributed by atoms with Crippen molar-refractivity contribution < 1.29 is 14.3 Å². The number of ether oxygens (including phenoxy) is 2. The molecule has 25 heavy (non-hydrogen) atoms. The molecule has 1 aliphatic rings. The molecule has 3 rings (SSSR count). The number of hydrogen-bond acceptors (Lipinski definition) is 3. The Morgan fingerprint density at radius 3 is 2.44 bits per heavy atom. The van der Waals surface area contributed by atoms with E-state index in [1.165, 1.54) is 6.42 Å². The Hall–Kier alpha value is -1.81. The van der Waals surface area contributed by atoms with Crippen molar-refractivity contribution in [3.05, 3.63) is 58.1 Å². The Labute approximate surface area is 157 Å². The summed E-state index contributed by atoms with van der Waals surface area (Å²) in [4.78, 5) is 12.0. The number of rotatable bonds is 6. The number of aldehydes is 1. The summed E-state index contributed by atoms with van der Waals surface area (Å²) in [6.45, 7) is 0.465. The van der Waals surface area contributed by atoms with Crippen LogP contribution in [-0.4, -0.2) is 13.4 Å². The molecule has 0 saturated heterocycles. The minimum absolute atomic E-state index is 0.422. The van der Waals surface area contributed by atoms with Crippen LogP contribution in [-0.2, 0) is 16.8 Å². The Bertz CT molecular complexity index is 721. The Morgan fingerprint density at radius 2 is 1.80 bits per heavy atom. The first-order valence-corrected chi connectivity index (χ1v) is 9.49. The van der Waals surface area contributed by atoms with Gasteiger partial charge in [-0.05, 0) is 36.1 Å². The molecular weight excluding hydrogens is 380 g/mol. The number of carbonyl (C=O) groups excluding carboxylic acids is 1. The van der Waals surface area contributed by atoms with E-state index in [-0.39, 0.29) is 0 Å². The fourth-order valence-electron chi connectivity index (χ4n) is 3.56. The number of hydrogen-bond donors (Lipinski definition) is 0. The molecule has 1 saturated carbocycles. The highest BCUT2D eigenvalue weighted by Crippen LogP contribution is 2.45. The van der Waals surface area contributed by atoms with E-state index in [1.54, 1.807) is 7.11 Å². The molecule has 0 unspecified atom stereocenters. The highest BCUT2D eigenvalue weighted by molar-refractivity contribution is 9.10. The normalized spacial score (nSPS) is 16.2. The number of methoxy groups -OCH3 is 1. The van der Waals surface area contributed by atoms with Crippen molar-refractivity contribution in [2.24, 2.45) is 0 Å². The van der Waals surface area contributed by atoms with E-state index in [1.807, 2.05) is 42.5 Å². The molecule has 1 aliphatic carbocycles. The minimum atomic E-state index is -0.422. The van der Waals surface area contributed by atoms with E-state index in [0.29, 0.717) is 18.1 Å². The zero-order valence-corrected chi connectivity index (χ0v) is 16.1. The fraction of sp³-hybridized carbons (Fsp3) is 0.381. The minimum Gasteiger partial charge on any atom is -0.493 e. The van der Waals surface area contributed by atoms with Gasteiger partial charge in [0.05, 0.1) is 12.5 Å². The number of halogens is 1. The lowest BCUT2D eigenvalue weighted by Gasteiger charge is -2.33. The molecule has 0 N–H and O–H groups in total. The monoisotopic (exact) mass is 402 g/mol. The van der Waals surface area contributed by atoms with Crippen molar-refractivity contribution in [2.75, 3.05) is 7.11 Å². The van der Waals surface area contributed by atoms with Gasteiger partial charge in [0.25, 0.3) is 0 Å². The van der Waals surface area contributed by atoms with Gasteiger partial charge in [-0.25, -0.2) is 0 Å². The second-order valence-electron chi connectivity index (χ2n) is 6.59. The van der Waals surface area contributed by atoms with Gasteiger partial charge in [0, 0.05) is 4.47 Å². The Morgan fingerprint density at radius 1 is 1.08 bits per heavy atom. The predicted octanol–water partition coefficient (Wildman–Crippen LogP) is 5.44. The quantitative estimate of drug-likeness (QED) is 0.603. The molecule has 4 heteroatoms. The summed E-state index contributed by atoms with van der Waals surface area (Å²) in [6, 6.07) is 13.9. The van der Waals surface area contributed by atoms with E-state index in [0.717, 1.165) is 47.6 Å². The summed E-state index contributed by atoms with van der Waals surface area (Å²) >= 11 is 3.64. The highest BCUT2D eigenvalue weighted by atomic mass is 79.9. The molecule has 3 nitrogen and oxygen atoms in total. The predicted molar refractivity (Wildman–Crippen MR) is 102 cm³/mol. The third-order valence-electron chi connectivity index (χ3n) is 5.00. The van der Waals surface area contributed by atoms with Crippen LogP contribution < -0.4 is 9.47 Å². The molecular formula is C21H23BrO3. The number of benzene rings is 2. The molecule has 0 bridgehead atoms. The van der Waals surface area contributed by atoms with E-state index in [2.05, 4.69) is 15.9 Å². The van der Waals surface area contributed by atoms with Gasteiger partial charge in [-0.3, -0.25) is 0 Å². The van der Waals surface area contributed by atoms with Crippen molar-refractivity contribution >= 4 is 22.2 Å². The maximum Gasteiger partial charge on any atom is 0.162 e. The molecule has 0 aliphatic heterocycles. The van der Waals surface area contributed by atoms with Gasteiger partial charge in [0.1, 0.15) is 12.9 Å². The topological polar surface area (TPSA) is 35.5 Å². The van der Waals surface area contributed by atoms with Gasteiger partial charge in [-0.1, -0.05) is 65.5 Å². The molecule has 2 aromatic carbocycles. The van der Waals surface area contributed by atoms with Crippen LogP contribution in [0.15, 0.2) is 46.9 Å². The molecule has 0 spiro atoms. The van der Waals surface area contributed by atoms with Crippen LogP contribution in [0.3, 0.4) is 0 Å². The summed E-state index contributed by atoms with van der Waals surface area (Å²) in [5, 5.41) is 0. The van der Waals surface area contributed by atoms with Crippen molar-refractivity contribution in [1.82, 2.24) is 0 Å². The van der Waals surface area contributed by atoms with Gasteiger partial charge in [-0.2, -0.15) is 0 Å². The standard InChI is InChI=1S/C21H23BrO3/c1-24-19-13-18(22)17(21(15-23)10-6-3-7-11-21)12-20(19)25-14-16-8-4-2-5-9-16/h2,4-5,8-9,12-13,15H,3,6-7,10-11,14H2,1H3. The zero-order valence-electron chi connectivity index (χ0n) is 14.5. The van der Waals surface area contributed by atoms with Gasteiger partial charge in [-0.15, -0.1) is 0 Å². The first-order chi connectivity index (χ1) is 12.2. The van der Waals surface area contributed by atoms with E-state index >= 15 is 0 Å². The van der Waals surface area contributed by atoms with E-state index < -0.39 is 5.41 Å². The molecule has 0 heterocycles. The van der Waals surface area contributed by atoms with Gasteiger partial charge in [0.15, 0.2) is 11.5 Å². The Kier molecular flexibility index (Phi) is 5.79. The van der Waals surface area contributed by atoms with Crippen molar-refractivity contribution in [3.63, 3.8) is 0 Å². The SMILES string of the molecule is COc1cc(Br)c(C2(C=O)CCCCC2)cc1OCc1ccccc1. The van der Waals surface area contributed by atoms with Crippen LogP contribution in [0.4, 0.5) is 0 Å². The van der Waals surface area contributed by atoms with Crippen LogP contribution in [0.5, 0.6) is 11.5 Å². The molecule has 2 aromatic rings. The zero-order chi connectivity index (χ0) is 17.7. The lowest BCUT2D eigenvalue weighted by Crippen LogP contribution is -2.31. The largest absolute Gasteiger partial charge is 0.493 e. The maximum atomic E-state index is 12.0. The molecule has 0 amide bonds. The first kappa shape index (κ1) is 18.0. The van der Waals surface area contributed by atoms with Crippen molar-refractivity contribution in [2.45, 2.75) is 44.1 Å². The van der Waals surface area contributed by atoms with Crippen molar-refractivity contribution in [1.29, 1.82) is 0 Å². The summed E-state index contributed by atoms with van der Waals surface area (Å²) in [6.07, 6.45) is 6.26. The summed E-state index contributed by atoms with van der Waals surface area (Å²) in [5.74, 6) is 1.35. The second-order valence-corrected chi connectivity index (χ2v) is 7.45. The molecule has 0 atom stereocenters. The smallest absolute Gasteiger partial charge is 0.162 e. The first-order valence-electron chi connectivity index (χ1n) is 8.69. The molecule has 0 aromatic heterocycles. The Balaban J connectivity index is 1.93. The summed E-state index contributed by atoms with van der Waals surface area (Å²) in [7, 11) is 1.63. The van der Waals surface area contributed by atoms with Crippen LogP contribution in [0, 0.1) is 0 Å². The van der Waals surface area contributed by atoms with Gasteiger partial charge < -0.3 is 14.3 Å². The van der Waals surface area contributed by atoms with E-state index in [4.69, 9.17) is 9.47 Å². The third-order valence-corrected chi connectivity index (χ3v) is 5.65. The second kappa shape index (κ2) is 8.05. The van der Waals surface area contributed by atoms with Crippen LogP contribution >= 0.6 is 15.9 Å². The number of carbonyl (C=O) groups is 1. The maximum absolute atomic E-state index is 12.0. The fourth-order valence-corrected chi connectivity index (χ4v) is 4.27. The molecule has 1 fully saturated rings. The van der Waals surface area contributed by atoms with Crippen molar-refractivity contribution in [3.8, 4) is 11.5 Å². The molecule has 132 valence electrons.